The number of carbonyl (C=O) groups is 1. The van der Waals surface area contributed by atoms with Crippen molar-refractivity contribution in [3.8, 4) is 0 Å². The second-order valence-corrected chi connectivity index (χ2v) is 6.41. The Morgan fingerprint density at radius 2 is 1.78 bits per heavy atom. The maximum absolute atomic E-state index is 12.1. The molecular weight excluding hydrogens is 405 g/mol. The number of piperidine rings is 1. The van der Waals surface area contributed by atoms with E-state index < -0.39 is 0 Å². The van der Waals surface area contributed by atoms with E-state index in [-0.39, 0.29) is 36.4 Å². The molecule has 0 radical (unpaired) electrons. The predicted molar refractivity (Wildman–Crippen MR) is 105 cm³/mol. The summed E-state index contributed by atoms with van der Waals surface area (Å²) in [4.78, 5) is 20.8. The molecular formula is C16H32IN5O. The van der Waals surface area contributed by atoms with Crippen LogP contribution < -0.4 is 10.6 Å². The monoisotopic (exact) mass is 437 g/mol. The SMILES string of the molecule is CCNC(=NCC(=O)N1CCCC1)NCC1CCN(C)CC1.I. The fraction of sp³-hybridized carbons (Fsp3) is 0.875. The highest BCUT2D eigenvalue weighted by atomic mass is 127. The molecule has 0 spiro atoms. The minimum atomic E-state index is 0. The van der Waals surface area contributed by atoms with Gasteiger partial charge in [0.2, 0.25) is 5.91 Å². The van der Waals surface area contributed by atoms with E-state index in [0.717, 1.165) is 45.0 Å². The van der Waals surface area contributed by atoms with Crippen LogP contribution in [-0.4, -0.2) is 74.5 Å². The largest absolute Gasteiger partial charge is 0.357 e. The number of carbonyl (C=O) groups excluding carboxylic acids is 1. The highest BCUT2D eigenvalue weighted by molar-refractivity contribution is 14.0. The lowest BCUT2D eigenvalue weighted by Gasteiger charge is -2.29. The zero-order valence-corrected chi connectivity index (χ0v) is 16.8. The van der Waals surface area contributed by atoms with Crippen molar-refractivity contribution in [3.63, 3.8) is 0 Å². The second kappa shape index (κ2) is 11.1. The first kappa shape index (κ1) is 20.5. The zero-order valence-electron chi connectivity index (χ0n) is 14.5. The summed E-state index contributed by atoms with van der Waals surface area (Å²) in [5, 5.41) is 6.64. The third-order valence-electron chi connectivity index (χ3n) is 4.57. The van der Waals surface area contributed by atoms with E-state index in [2.05, 4.69) is 34.5 Å². The maximum atomic E-state index is 12.1. The Kier molecular flexibility index (Phi) is 9.85. The Bertz CT molecular complexity index is 377. The molecule has 1 amide bonds. The number of nitrogens with one attached hydrogen (secondary N) is 2. The predicted octanol–water partition coefficient (Wildman–Crippen LogP) is 1.12. The van der Waals surface area contributed by atoms with Gasteiger partial charge in [0, 0.05) is 26.2 Å². The lowest BCUT2D eigenvalue weighted by Crippen LogP contribution is -2.43. The Hall–Kier alpha value is -0.570. The molecule has 2 rings (SSSR count). The van der Waals surface area contributed by atoms with Crippen molar-refractivity contribution in [3.05, 3.63) is 0 Å². The third-order valence-corrected chi connectivity index (χ3v) is 4.57. The molecule has 23 heavy (non-hydrogen) atoms. The van der Waals surface area contributed by atoms with Crippen LogP contribution in [0, 0.1) is 5.92 Å². The van der Waals surface area contributed by atoms with Crippen molar-refractivity contribution in [1.29, 1.82) is 0 Å². The molecule has 2 saturated heterocycles. The van der Waals surface area contributed by atoms with E-state index >= 15 is 0 Å². The van der Waals surface area contributed by atoms with Gasteiger partial charge in [-0.1, -0.05) is 0 Å². The number of halogens is 1. The van der Waals surface area contributed by atoms with Crippen molar-refractivity contribution in [2.75, 3.05) is 52.9 Å². The lowest BCUT2D eigenvalue weighted by atomic mass is 9.97. The number of hydrogen-bond acceptors (Lipinski definition) is 3. The average Bonchev–Trinajstić information content (AvgIpc) is 3.06. The summed E-state index contributed by atoms with van der Waals surface area (Å²) in [6, 6.07) is 0. The van der Waals surface area contributed by atoms with Gasteiger partial charge in [0.15, 0.2) is 5.96 Å². The molecule has 6 nitrogen and oxygen atoms in total. The number of likely N-dealkylation sites (tertiary alicyclic amines) is 2. The number of rotatable bonds is 5. The number of guanidine groups is 1. The van der Waals surface area contributed by atoms with E-state index in [0.29, 0.717) is 5.92 Å². The zero-order chi connectivity index (χ0) is 15.8. The minimum Gasteiger partial charge on any atom is -0.357 e. The Morgan fingerprint density at radius 1 is 1.13 bits per heavy atom. The van der Waals surface area contributed by atoms with E-state index in [4.69, 9.17) is 0 Å². The van der Waals surface area contributed by atoms with Crippen molar-refractivity contribution in [2.45, 2.75) is 32.6 Å². The van der Waals surface area contributed by atoms with Crippen molar-refractivity contribution in [1.82, 2.24) is 20.4 Å². The van der Waals surface area contributed by atoms with Gasteiger partial charge < -0.3 is 20.4 Å². The molecule has 0 atom stereocenters. The highest BCUT2D eigenvalue weighted by Crippen LogP contribution is 2.14. The van der Waals surface area contributed by atoms with E-state index in [1.807, 2.05) is 4.90 Å². The first-order chi connectivity index (χ1) is 10.7. The molecule has 0 aromatic carbocycles. The maximum Gasteiger partial charge on any atom is 0.244 e. The smallest absolute Gasteiger partial charge is 0.244 e. The van der Waals surface area contributed by atoms with Gasteiger partial charge in [-0.3, -0.25) is 4.79 Å². The van der Waals surface area contributed by atoms with Crippen LogP contribution in [0.25, 0.3) is 0 Å². The van der Waals surface area contributed by atoms with Gasteiger partial charge in [-0.2, -0.15) is 0 Å². The molecule has 0 aliphatic carbocycles. The van der Waals surface area contributed by atoms with Crippen LogP contribution >= 0.6 is 24.0 Å². The van der Waals surface area contributed by atoms with Gasteiger partial charge >= 0.3 is 0 Å². The van der Waals surface area contributed by atoms with E-state index in [1.54, 1.807) is 0 Å². The van der Waals surface area contributed by atoms with Crippen LogP contribution in [0.1, 0.15) is 32.6 Å². The molecule has 2 heterocycles. The van der Waals surface area contributed by atoms with Gasteiger partial charge in [-0.15, -0.1) is 24.0 Å². The summed E-state index contributed by atoms with van der Waals surface area (Å²) >= 11 is 0. The third kappa shape index (κ3) is 7.24. The van der Waals surface area contributed by atoms with Gasteiger partial charge in [-0.05, 0) is 58.7 Å². The van der Waals surface area contributed by atoms with Crippen molar-refractivity contribution < 1.29 is 4.79 Å². The van der Waals surface area contributed by atoms with Crippen LogP contribution in [0.5, 0.6) is 0 Å². The van der Waals surface area contributed by atoms with Gasteiger partial charge in [0.1, 0.15) is 6.54 Å². The van der Waals surface area contributed by atoms with Gasteiger partial charge in [0.25, 0.3) is 0 Å². The molecule has 2 aliphatic heterocycles. The molecule has 0 aromatic rings. The summed E-state index contributed by atoms with van der Waals surface area (Å²) in [5.74, 6) is 1.62. The summed E-state index contributed by atoms with van der Waals surface area (Å²) in [7, 11) is 2.18. The molecule has 0 unspecified atom stereocenters. The minimum absolute atomic E-state index is 0. The lowest BCUT2D eigenvalue weighted by molar-refractivity contribution is -0.128. The molecule has 2 N–H and O–H groups in total. The van der Waals surface area contributed by atoms with E-state index in [9.17, 15) is 4.79 Å². The molecule has 134 valence electrons. The summed E-state index contributed by atoms with van der Waals surface area (Å²) in [6.07, 6.45) is 4.72. The summed E-state index contributed by atoms with van der Waals surface area (Å²) < 4.78 is 0. The molecule has 2 fully saturated rings. The fourth-order valence-corrected chi connectivity index (χ4v) is 3.06. The topological polar surface area (TPSA) is 60.0 Å². The van der Waals surface area contributed by atoms with Crippen LogP contribution in [0.2, 0.25) is 0 Å². The van der Waals surface area contributed by atoms with E-state index in [1.165, 1.54) is 25.9 Å². The second-order valence-electron chi connectivity index (χ2n) is 6.41. The number of nitrogens with zero attached hydrogens (tertiary/aromatic N) is 3. The van der Waals surface area contributed by atoms with Crippen LogP contribution in [0.4, 0.5) is 0 Å². The first-order valence-electron chi connectivity index (χ1n) is 8.67. The number of aliphatic imine (C=N–C) groups is 1. The van der Waals surface area contributed by atoms with Gasteiger partial charge in [0.05, 0.1) is 0 Å². The normalized spacial score (nSPS) is 20.3. The number of hydrogen-bond donors (Lipinski definition) is 2. The van der Waals surface area contributed by atoms with Gasteiger partial charge in [-0.25, -0.2) is 4.99 Å². The Balaban J connectivity index is 0.00000264. The Labute approximate surface area is 157 Å². The molecule has 0 aromatic heterocycles. The Morgan fingerprint density at radius 3 is 2.39 bits per heavy atom. The molecule has 7 heteroatoms. The molecule has 0 bridgehead atoms. The highest BCUT2D eigenvalue weighted by Gasteiger charge is 2.18. The molecule has 2 aliphatic rings. The fourth-order valence-electron chi connectivity index (χ4n) is 3.06. The van der Waals surface area contributed by atoms with Crippen molar-refractivity contribution in [2.24, 2.45) is 10.9 Å². The van der Waals surface area contributed by atoms with Crippen LogP contribution in [0.15, 0.2) is 4.99 Å². The quantitative estimate of drug-likeness (QED) is 0.385. The van der Waals surface area contributed by atoms with Crippen LogP contribution in [-0.2, 0) is 4.79 Å². The van der Waals surface area contributed by atoms with Crippen molar-refractivity contribution >= 4 is 35.8 Å². The number of amides is 1. The standard InChI is InChI=1S/C16H31N5O.HI/c1-3-17-16(18-12-14-6-10-20(2)11-7-14)19-13-15(22)21-8-4-5-9-21;/h14H,3-13H2,1-2H3,(H2,17,18,19);1H. The molecule has 0 saturated carbocycles. The average molecular weight is 437 g/mol. The summed E-state index contributed by atoms with van der Waals surface area (Å²) in [5.41, 5.74) is 0. The first-order valence-corrected chi connectivity index (χ1v) is 8.67. The summed E-state index contributed by atoms with van der Waals surface area (Å²) in [6.45, 7) is 8.20. The van der Waals surface area contributed by atoms with Crippen LogP contribution in [0.3, 0.4) is 0 Å².